The van der Waals surface area contributed by atoms with Gasteiger partial charge in [0, 0.05) is 71.1 Å². The maximum absolute atomic E-state index is 6.34. The topological polar surface area (TPSA) is 39.4 Å². The van der Waals surface area contributed by atoms with Crippen LogP contribution in [0.5, 0.6) is 0 Å². The number of nitrogens with zero attached hydrogens (tertiary/aromatic N) is 3. The highest BCUT2D eigenvalue weighted by atomic mass is 16.3. The Bertz CT molecular complexity index is 4030. The van der Waals surface area contributed by atoms with Crippen LogP contribution >= 0.6 is 0 Å². The van der Waals surface area contributed by atoms with Gasteiger partial charge in [-0.25, -0.2) is 0 Å². The summed E-state index contributed by atoms with van der Waals surface area (Å²) in [4.78, 5) is 2.54. The molecule has 5 heteroatoms. The molecular weight excluding hydrogens is 759 g/mol. The summed E-state index contributed by atoms with van der Waals surface area (Å²) in [6.07, 6.45) is 0. The lowest BCUT2D eigenvalue weighted by atomic mass is 9.72. The average Bonchev–Trinajstić information content (AvgIpc) is 4.06. The summed E-state index contributed by atoms with van der Waals surface area (Å²) < 4.78 is 17.7. The maximum Gasteiger partial charge on any atom is 0.135 e. The summed E-state index contributed by atoms with van der Waals surface area (Å²) in [5, 5.41) is 9.36. The van der Waals surface area contributed by atoms with Crippen LogP contribution < -0.4 is 4.90 Å². The van der Waals surface area contributed by atoms with Crippen LogP contribution in [0.15, 0.2) is 197 Å². The summed E-state index contributed by atoms with van der Waals surface area (Å²) in [6.45, 7) is 4.84. The highest BCUT2D eigenvalue weighted by Gasteiger charge is 2.42. The number of fused-ring (bicyclic) bond motifs is 16. The van der Waals surface area contributed by atoms with E-state index in [2.05, 4.69) is 204 Å². The predicted molar refractivity (Wildman–Crippen MR) is 256 cm³/mol. The third-order valence-corrected chi connectivity index (χ3v) is 13.6. The molecule has 0 aliphatic carbocycles. The normalized spacial score (nSPS) is 13.7. The molecule has 1 aliphatic rings. The van der Waals surface area contributed by atoms with Crippen molar-refractivity contribution in [2.24, 2.45) is 0 Å². The second-order valence-electron chi connectivity index (χ2n) is 17.3. The van der Waals surface area contributed by atoms with Crippen LogP contribution in [0, 0.1) is 0 Å². The van der Waals surface area contributed by atoms with Crippen LogP contribution in [0.4, 0.5) is 17.1 Å². The molecule has 0 bridgehead atoms. The van der Waals surface area contributed by atoms with Gasteiger partial charge < -0.3 is 22.9 Å². The molecule has 62 heavy (non-hydrogen) atoms. The van der Waals surface area contributed by atoms with E-state index in [-0.39, 0.29) is 0 Å². The summed E-state index contributed by atoms with van der Waals surface area (Å²) >= 11 is 0. The van der Waals surface area contributed by atoms with Gasteiger partial charge in [-0.1, -0.05) is 123 Å². The molecular formula is C57H37N3O2. The van der Waals surface area contributed by atoms with Crippen molar-refractivity contribution in [3.8, 4) is 11.4 Å². The third-order valence-electron chi connectivity index (χ3n) is 13.6. The van der Waals surface area contributed by atoms with E-state index < -0.39 is 5.41 Å². The zero-order valence-electron chi connectivity index (χ0n) is 34.1. The fourth-order valence-corrected chi connectivity index (χ4v) is 11.0. The number of para-hydroxylation sites is 5. The highest BCUT2D eigenvalue weighted by Crippen LogP contribution is 2.58. The molecule has 0 unspecified atom stereocenters. The van der Waals surface area contributed by atoms with E-state index in [9.17, 15) is 0 Å². The monoisotopic (exact) mass is 795 g/mol. The van der Waals surface area contributed by atoms with Crippen LogP contribution in [0.25, 0.3) is 98.9 Å². The van der Waals surface area contributed by atoms with Gasteiger partial charge in [-0.3, -0.25) is 0 Å². The molecule has 0 fully saturated rings. The van der Waals surface area contributed by atoms with Crippen LogP contribution in [-0.2, 0) is 5.41 Å². The number of hydrogen-bond donors (Lipinski definition) is 0. The van der Waals surface area contributed by atoms with E-state index in [0.29, 0.717) is 0 Å². The van der Waals surface area contributed by atoms with Gasteiger partial charge in [0.25, 0.3) is 0 Å². The lowest BCUT2D eigenvalue weighted by molar-refractivity contribution is 0.636. The van der Waals surface area contributed by atoms with Gasteiger partial charge in [0.05, 0.1) is 33.4 Å². The highest BCUT2D eigenvalue weighted by molar-refractivity contribution is 6.19. The van der Waals surface area contributed by atoms with Crippen molar-refractivity contribution >= 4 is 105 Å². The molecule has 0 saturated heterocycles. The number of hydrogen-bond acceptors (Lipinski definition) is 3. The zero-order valence-corrected chi connectivity index (χ0v) is 34.1. The van der Waals surface area contributed by atoms with Gasteiger partial charge in [-0.05, 0) is 84.4 Å². The number of anilines is 3. The van der Waals surface area contributed by atoms with E-state index in [0.717, 1.165) is 66.5 Å². The van der Waals surface area contributed by atoms with Crippen LogP contribution in [-0.4, -0.2) is 9.13 Å². The van der Waals surface area contributed by atoms with Gasteiger partial charge in [0.1, 0.15) is 22.3 Å². The molecule has 0 N–H and O–H groups in total. The number of rotatable bonds is 3. The SMILES string of the molecule is CC1(C)c2ccc3c4ccccc4n(-c4ccc5oc6ccccc6c5c4)c3c2N(c2ccccc2)c2ccc3c4ccccc4n(-c4ccc5oc6ccccc6c5c4)c3c21. The Morgan fingerprint density at radius 2 is 0.855 bits per heavy atom. The van der Waals surface area contributed by atoms with Gasteiger partial charge in [0.15, 0.2) is 0 Å². The lowest BCUT2D eigenvalue weighted by Crippen LogP contribution is -2.31. The molecule has 5 nitrogen and oxygen atoms in total. The Morgan fingerprint density at radius 1 is 0.371 bits per heavy atom. The second kappa shape index (κ2) is 12.1. The van der Waals surface area contributed by atoms with Crippen molar-refractivity contribution < 1.29 is 8.83 Å². The first-order chi connectivity index (χ1) is 30.5. The van der Waals surface area contributed by atoms with Crippen molar-refractivity contribution in [3.05, 3.63) is 199 Å². The van der Waals surface area contributed by atoms with Gasteiger partial charge >= 0.3 is 0 Å². The first-order valence-electron chi connectivity index (χ1n) is 21.3. The van der Waals surface area contributed by atoms with Crippen LogP contribution in [0.3, 0.4) is 0 Å². The predicted octanol–water partition coefficient (Wildman–Crippen LogP) is 15.8. The van der Waals surface area contributed by atoms with E-state index in [1.54, 1.807) is 0 Å². The summed E-state index contributed by atoms with van der Waals surface area (Å²) in [5.41, 5.74) is 16.1. The Labute approximate surface area is 355 Å². The van der Waals surface area contributed by atoms with E-state index in [1.165, 1.54) is 60.6 Å². The molecule has 13 aromatic rings. The Hall–Kier alpha value is -8.02. The quantitative estimate of drug-likeness (QED) is 0.179. The third kappa shape index (κ3) is 4.36. The minimum atomic E-state index is -0.436. The summed E-state index contributed by atoms with van der Waals surface area (Å²) in [5.74, 6) is 0. The Morgan fingerprint density at radius 3 is 1.47 bits per heavy atom. The van der Waals surface area contributed by atoms with Gasteiger partial charge in [-0.2, -0.15) is 0 Å². The molecule has 9 aromatic carbocycles. The first-order valence-corrected chi connectivity index (χ1v) is 21.3. The van der Waals surface area contributed by atoms with Crippen LogP contribution in [0.1, 0.15) is 25.0 Å². The maximum atomic E-state index is 6.34. The molecule has 0 spiro atoms. The minimum absolute atomic E-state index is 0.436. The first kappa shape index (κ1) is 33.8. The van der Waals surface area contributed by atoms with Crippen molar-refractivity contribution in [1.29, 1.82) is 0 Å². The number of aromatic nitrogens is 2. The Balaban J connectivity index is 1.12. The number of benzene rings is 9. The van der Waals surface area contributed by atoms with Gasteiger partial charge in [0.2, 0.25) is 0 Å². The molecule has 0 radical (unpaired) electrons. The molecule has 4 aromatic heterocycles. The molecule has 0 amide bonds. The Kier molecular flexibility index (Phi) is 6.57. The van der Waals surface area contributed by atoms with E-state index in [4.69, 9.17) is 8.83 Å². The standard InChI is InChI=1S/C57H37N3O2/c1-57(2)45-28-26-42-38-17-7-11-21-47(38)60(36-25-31-52-44(33-36)40-19-9-13-23-50(40)62-52)55(42)56(45)58(34-14-4-3-5-15-34)48-29-27-41-37-16-6-10-20-46(37)59(54(41)53(48)57)35-24-30-51-43(32-35)39-18-8-12-22-49(39)61-51/h3-33H,1-2H3. The number of furan rings is 2. The molecule has 5 heterocycles. The van der Waals surface area contributed by atoms with E-state index in [1.807, 2.05) is 12.1 Å². The van der Waals surface area contributed by atoms with Crippen molar-refractivity contribution in [3.63, 3.8) is 0 Å². The fraction of sp³-hybridized carbons (Fsp3) is 0.0526. The van der Waals surface area contributed by atoms with Crippen molar-refractivity contribution in [1.82, 2.24) is 9.13 Å². The average molecular weight is 796 g/mol. The van der Waals surface area contributed by atoms with Gasteiger partial charge in [-0.15, -0.1) is 0 Å². The smallest absolute Gasteiger partial charge is 0.135 e. The van der Waals surface area contributed by atoms with Crippen molar-refractivity contribution in [2.75, 3.05) is 4.90 Å². The van der Waals surface area contributed by atoms with Crippen LogP contribution in [0.2, 0.25) is 0 Å². The molecule has 0 saturated carbocycles. The summed E-state index contributed by atoms with van der Waals surface area (Å²) in [7, 11) is 0. The van der Waals surface area contributed by atoms with E-state index >= 15 is 0 Å². The van der Waals surface area contributed by atoms with Crippen molar-refractivity contribution in [2.45, 2.75) is 19.3 Å². The lowest BCUT2D eigenvalue weighted by Gasteiger charge is -2.43. The zero-order chi connectivity index (χ0) is 40.8. The largest absolute Gasteiger partial charge is 0.456 e. The minimum Gasteiger partial charge on any atom is -0.456 e. The molecule has 0 atom stereocenters. The molecule has 1 aliphatic heterocycles. The molecule has 14 rings (SSSR count). The summed E-state index contributed by atoms with van der Waals surface area (Å²) in [6, 6.07) is 68.1. The fourth-order valence-electron chi connectivity index (χ4n) is 11.0. The second-order valence-corrected chi connectivity index (χ2v) is 17.3. The molecule has 292 valence electrons.